The average molecular weight is 315 g/mol. The number of rotatable bonds is 6. The number of hydrogen-bond acceptors (Lipinski definition) is 4. The van der Waals surface area contributed by atoms with Gasteiger partial charge in [-0.15, -0.1) is 0 Å². The number of nitriles is 1. The number of amides is 1. The van der Waals surface area contributed by atoms with Crippen LogP contribution in [0, 0.1) is 11.3 Å². The quantitative estimate of drug-likeness (QED) is 0.644. The molecule has 0 aromatic heterocycles. The van der Waals surface area contributed by atoms with E-state index in [4.69, 9.17) is 33.2 Å². The predicted molar refractivity (Wildman–Crippen MR) is 74.4 cm³/mol. The monoisotopic (exact) mass is 314 g/mol. The van der Waals surface area contributed by atoms with Crippen molar-refractivity contribution in [3.63, 3.8) is 0 Å². The molecule has 1 aromatic carbocycles. The Labute approximate surface area is 126 Å². The molecule has 0 aliphatic heterocycles. The van der Waals surface area contributed by atoms with Gasteiger partial charge in [-0.05, 0) is 17.7 Å². The van der Waals surface area contributed by atoms with Crippen LogP contribution in [0.2, 0.25) is 10.0 Å². The lowest BCUT2D eigenvalue weighted by Crippen LogP contribution is -2.29. The molecule has 5 nitrogen and oxygen atoms in total. The number of carbonyl (C=O) groups is 2. The first-order valence-corrected chi connectivity index (χ1v) is 6.51. The zero-order valence-corrected chi connectivity index (χ0v) is 12.0. The normalized spacial score (nSPS) is 9.65. The van der Waals surface area contributed by atoms with Gasteiger partial charge >= 0.3 is 5.97 Å². The Balaban J connectivity index is 2.35. The molecule has 0 saturated carbocycles. The van der Waals surface area contributed by atoms with E-state index in [-0.39, 0.29) is 26.0 Å². The Hall–Kier alpha value is -1.77. The first-order chi connectivity index (χ1) is 9.52. The molecule has 20 heavy (non-hydrogen) atoms. The van der Waals surface area contributed by atoms with Crippen LogP contribution in [-0.4, -0.2) is 25.0 Å². The SMILES string of the molecule is N#CCCNC(=O)COC(=O)Cc1ccc(Cl)c(Cl)c1. The van der Waals surface area contributed by atoms with Crippen LogP contribution >= 0.6 is 23.2 Å². The lowest BCUT2D eigenvalue weighted by Gasteiger charge is -2.06. The molecule has 0 aliphatic carbocycles. The third-order valence-corrected chi connectivity index (χ3v) is 2.99. The number of ether oxygens (including phenoxy) is 1. The highest BCUT2D eigenvalue weighted by molar-refractivity contribution is 6.42. The van der Waals surface area contributed by atoms with Gasteiger partial charge in [0.15, 0.2) is 6.61 Å². The molecule has 0 radical (unpaired) electrons. The van der Waals surface area contributed by atoms with Crippen LogP contribution in [0.4, 0.5) is 0 Å². The second kappa shape index (κ2) is 8.41. The maximum atomic E-state index is 11.5. The second-order valence-electron chi connectivity index (χ2n) is 3.84. The molecule has 0 atom stereocenters. The molecule has 7 heteroatoms. The van der Waals surface area contributed by atoms with Crippen molar-refractivity contribution in [2.24, 2.45) is 0 Å². The van der Waals surface area contributed by atoms with E-state index < -0.39 is 11.9 Å². The van der Waals surface area contributed by atoms with Crippen LogP contribution in [0.15, 0.2) is 18.2 Å². The van der Waals surface area contributed by atoms with E-state index in [0.717, 1.165) is 0 Å². The summed E-state index contributed by atoms with van der Waals surface area (Å²) in [4.78, 5) is 22.7. The fourth-order valence-electron chi connectivity index (χ4n) is 1.32. The van der Waals surface area contributed by atoms with Crippen molar-refractivity contribution >= 4 is 35.1 Å². The van der Waals surface area contributed by atoms with Gasteiger partial charge in [0.05, 0.1) is 29.0 Å². The van der Waals surface area contributed by atoms with Gasteiger partial charge in [0, 0.05) is 6.54 Å². The van der Waals surface area contributed by atoms with Gasteiger partial charge in [-0.1, -0.05) is 29.3 Å². The lowest BCUT2D eigenvalue weighted by atomic mass is 10.1. The molecule has 0 saturated heterocycles. The maximum Gasteiger partial charge on any atom is 0.310 e. The van der Waals surface area contributed by atoms with Crippen LogP contribution in [0.1, 0.15) is 12.0 Å². The molecule has 1 rings (SSSR count). The van der Waals surface area contributed by atoms with Crippen molar-refractivity contribution in [3.05, 3.63) is 33.8 Å². The summed E-state index contributed by atoms with van der Waals surface area (Å²) in [6.07, 6.45) is 0.214. The molecule has 0 bridgehead atoms. The van der Waals surface area contributed by atoms with E-state index in [1.54, 1.807) is 18.2 Å². The summed E-state index contributed by atoms with van der Waals surface area (Å²) in [5.41, 5.74) is 0.647. The summed E-state index contributed by atoms with van der Waals surface area (Å²) in [7, 11) is 0. The van der Waals surface area contributed by atoms with Crippen LogP contribution in [0.5, 0.6) is 0 Å². The van der Waals surface area contributed by atoms with Crippen LogP contribution < -0.4 is 5.32 Å². The molecule has 0 heterocycles. The second-order valence-corrected chi connectivity index (χ2v) is 4.66. The molecule has 0 unspecified atom stereocenters. The molecule has 106 valence electrons. The Morgan fingerprint density at radius 3 is 2.70 bits per heavy atom. The number of benzene rings is 1. The molecule has 0 fully saturated rings. The number of carbonyl (C=O) groups excluding carboxylic acids is 2. The van der Waals surface area contributed by atoms with E-state index >= 15 is 0 Å². The Morgan fingerprint density at radius 2 is 2.05 bits per heavy atom. The van der Waals surface area contributed by atoms with Gasteiger partial charge in [0.25, 0.3) is 5.91 Å². The minimum Gasteiger partial charge on any atom is -0.455 e. The Bertz CT molecular complexity index is 541. The predicted octanol–water partition coefficient (Wildman–Crippen LogP) is 2.11. The smallest absolute Gasteiger partial charge is 0.310 e. The third-order valence-electron chi connectivity index (χ3n) is 2.26. The van der Waals surface area contributed by atoms with Crippen molar-refractivity contribution in [2.75, 3.05) is 13.2 Å². The topological polar surface area (TPSA) is 79.2 Å². The number of hydrogen-bond donors (Lipinski definition) is 1. The van der Waals surface area contributed by atoms with Gasteiger partial charge in [-0.25, -0.2) is 0 Å². The molecule has 1 N–H and O–H groups in total. The first-order valence-electron chi connectivity index (χ1n) is 5.76. The van der Waals surface area contributed by atoms with Crippen molar-refractivity contribution in [3.8, 4) is 6.07 Å². The van der Waals surface area contributed by atoms with Crippen LogP contribution in [0.3, 0.4) is 0 Å². The molecule has 0 spiro atoms. The van der Waals surface area contributed by atoms with Gasteiger partial charge in [-0.2, -0.15) is 5.26 Å². The minimum atomic E-state index is -0.543. The summed E-state index contributed by atoms with van der Waals surface area (Å²) >= 11 is 11.6. The summed E-state index contributed by atoms with van der Waals surface area (Å²) in [5, 5.41) is 11.5. The van der Waals surface area contributed by atoms with Gasteiger partial charge < -0.3 is 10.1 Å². The van der Waals surface area contributed by atoms with E-state index in [0.29, 0.717) is 15.6 Å². The first kappa shape index (κ1) is 16.3. The molecule has 0 aliphatic rings. The lowest BCUT2D eigenvalue weighted by molar-refractivity contribution is -0.147. The highest BCUT2D eigenvalue weighted by atomic mass is 35.5. The number of nitrogens with one attached hydrogen (secondary N) is 1. The van der Waals surface area contributed by atoms with E-state index in [1.807, 2.05) is 6.07 Å². The van der Waals surface area contributed by atoms with E-state index in [2.05, 4.69) is 5.32 Å². The van der Waals surface area contributed by atoms with E-state index in [1.165, 1.54) is 0 Å². The highest BCUT2D eigenvalue weighted by Crippen LogP contribution is 2.22. The zero-order valence-electron chi connectivity index (χ0n) is 10.5. The maximum absolute atomic E-state index is 11.5. The highest BCUT2D eigenvalue weighted by Gasteiger charge is 2.09. The van der Waals surface area contributed by atoms with Crippen LogP contribution in [-0.2, 0) is 20.7 Å². The number of halogens is 2. The van der Waals surface area contributed by atoms with Gasteiger partial charge in [0.2, 0.25) is 0 Å². The Morgan fingerprint density at radius 1 is 1.30 bits per heavy atom. The van der Waals surface area contributed by atoms with Crippen LogP contribution in [0.25, 0.3) is 0 Å². The molecular formula is C13H12Cl2N2O3. The van der Waals surface area contributed by atoms with Gasteiger partial charge in [-0.3, -0.25) is 9.59 Å². The van der Waals surface area contributed by atoms with Crippen molar-refractivity contribution in [2.45, 2.75) is 12.8 Å². The third kappa shape index (κ3) is 5.91. The van der Waals surface area contributed by atoms with Crippen molar-refractivity contribution in [1.29, 1.82) is 5.26 Å². The number of esters is 1. The standard InChI is InChI=1S/C13H12Cl2N2O3/c14-10-3-2-9(6-11(10)15)7-13(19)20-8-12(18)17-5-1-4-16/h2-3,6H,1,5,7-8H2,(H,17,18). The minimum absolute atomic E-state index is 0.00235. The zero-order chi connectivity index (χ0) is 15.0. The average Bonchev–Trinajstić information content (AvgIpc) is 2.41. The largest absolute Gasteiger partial charge is 0.455 e. The fourth-order valence-corrected chi connectivity index (χ4v) is 1.64. The summed E-state index contributed by atoms with van der Waals surface area (Å²) < 4.78 is 4.80. The Kier molecular flexibility index (Phi) is 6.85. The van der Waals surface area contributed by atoms with Crippen molar-refractivity contribution < 1.29 is 14.3 Å². The fraction of sp³-hybridized carbons (Fsp3) is 0.308. The summed E-state index contributed by atoms with van der Waals surface area (Å²) in [6, 6.07) is 6.69. The molecule has 1 amide bonds. The van der Waals surface area contributed by atoms with Gasteiger partial charge in [0.1, 0.15) is 0 Å². The molecular weight excluding hydrogens is 303 g/mol. The van der Waals surface area contributed by atoms with E-state index in [9.17, 15) is 9.59 Å². The summed E-state index contributed by atoms with van der Waals surface area (Å²) in [6.45, 7) is -0.134. The molecule has 1 aromatic rings. The van der Waals surface area contributed by atoms with Crippen molar-refractivity contribution in [1.82, 2.24) is 5.32 Å². The number of nitrogens with zero attached hydrogens (tertiary/aromatic N) is 1. The summed E-state index contributed by atoms with van der Waals surface area (Å²) in [5.74, 6) is -0.985.